The Morgan fingerprint density at radius 3 is 2.64 bits per heavy atom. The Labute approximate surface area is 121 Å². The molecule has 1 aromatic carbocycles. The Morgan fingerprint density at radius 1 is 1.36 bits per heavy atom. The number of benzene rings is 1. The number of aromatic nitrogens is 2. The molecule has 0 aliphatic carbocycles. The molecule has 0 saturated carbocycles. The first-order chi connectivity index (χ1) is 10.3. The number of halogens is 3. The van der Waals surface area contributed by atoms with Crippen molar-refractivity contribution in [2.45, 2.75) is 6.18 Å². The average Bonchev–Trinajstić information content (AvgIpc) is 2.44. The van der Waals surface area contributed by atoms with Crippen LogP contribution in [0, 0.1) is 0 Å². The van der Waals surface area contributed by atoms with Gasteiger partial charge in [0.15, 0.2) is 0 Å². The van der Waals surface area contributed by atoms with Crippen molar-refractivity contribution in [1.29, 1.82) is 0 Å². The summed E-state index contributed by atoms with van der Waals surface area (Å²) in [6.45, 7) is 0.113. The Balaban J connectivity index is 2.81. The maximum Gasteiger partial charge on any atom is 0.417 e. The topological polar surface area (TPSA) is 90.1 Å². The zero-order chi connectivity index (χ0) is 16.5. The molecule has 0 aliphatic rings. The fourth-order valence-electron chi connectivity index (χ4n) is 1.95. The van der Waals surface area contributed by atoms with Crippen LogP contribution in [0.25, 0.3) is 17.0 Å². The highest BCUT2D eigenvalue weighted by Gasteiger charge is 2.33. The number of fused-ring (bicyclic) bond motifs is 1. The van der Waals surface area contributed by atoms with Gasteiger partial charge in [-0.25, -0.2) is 4.79 Å². The Kier molecular flexibility index (Phi) is 4.09. The van der Waals surface area contributed by atoms with Crippen molar-refractivity contribution in [3.05, 3.63) is 50.2 Å². The van der Waals surface area contributed by atoms with E-state index in [1.165, 1.54) is 19.3 Å². The molecule has 0 fully saturated rings. The van der Waals surface area contributed by atoms with E-state index in [0.717, 1.165) is 6.07 Å². The molecule has 0 unspecified atom stereocenters. The normalized spacial score (nSPS) is 12.4. The van der Waals surface area contributed by atoms with E-state index in [2.05, 4.69) is 4.98 Å². The van der Waals surface area contributed by atoms with E-state index in [1.807, 2.05) is 0 Å². The minimum absolute atomic E-state index is 0.113. The molecule has 0 amide bonds. The molecule has 0 saturated heterocycles. The monoisotopic (exact) mass is 315 g/mol. The maximum atomic E-state index is 13.1. The van der Waals surface area contributed by atoms with Crippen molar-refractivity contribution in [2.75, 3.05) is 19.6 Å². The summed E-state index contributed by atoms with van der Waals surface area (Å²) in [6.07, 6.45) is -2.07. The largest absolute Gasteiger partial charge is 0.417 e. The molecule has 6 nitrogen and oxygen atoms in total. The van der Waals surface area contributed by atoms with Gasteiger partial charge in [-0.15, -0.1) is 0 Å². The van der Waals surface area contributed by atoms with Crippen LogP contribution < -0.4 is 17.1 Å². The molecule has 2 rings (SSSR count). The minimum Gasteiger partial charge on any atom is -0.381 e. The number of nitrogens with zero attached hydrogens (tertiary/aromatic N) is 1. The second-order valence-corrected chi connectivity index (χ2v) is 4.45. The zero-order valence-electron chi connectivity index (χ0n) is 11.4. The van der Waals surface area contributed by atoms with E-state index in [-0.39, 0.29) is 23.1 Å². The molecule has 22 heavy (non-hydrogen) atoms. The van der Waals surface area contributed by atoms with Crippen LogP contribution in [0.15, 0.2) is 27.8 Å². The standard InChI is InChI=1S/C13H12F3N3O3/c1-22-4-2-3-7-5-8-10(6-9(7)13(14,15)16)18-12(21)19(17)11(8)20/h2-3,5-6H,4,17H2,1H3,(H,18,21). The van der Waals surface area contributed by atoms with E-state index >= 15 is 0 Å². The fourth-order valence-corrected chi connectivity index (χ4v) is 1.95. The van der Waals surface area contributed by atoms with E-state index in [9.17, 15) is 22.8 Å². The van der Waals surface area contributed by atoms with Gasteiger partial charge in [0, 0.05) is 7.11 Å². The van der Waals surface area contributed by atoms with Crippen LogP contribution in [-0.2, 0) is 10.9 Å². The number of H-pyrrole nitrogens is 1. The van der Waals surface area contributed by atoms with Crippen LogP contribution in [0.3, 0.4) is 0 Å². The molecule has 0 spiro atoms. The highest BCUT2D eigenvalue weighted by molar-refractivity contribution is 5.82. The fraction of sp³-hybridized carbons (Fsp3) is 0.231. The second kappa shape index (κ2) is 5.68. The Bertz CT molecular complexity index is 850. The number of alkyl halides is 3. The van der Waals surface area contributed by atoms with Crippen LogP contribution in [0.4, 0.5) is 13.2 Å². The Hall–Kier alpha value is -2.55. The highest BCUT2D eigenvalue weighted by atomic mass is 19.4. The number of hydrogen-bond acceptors (Lipinski definition) is 4. The van der Waals surface area contributed by atoms with Crippen LogP contribution >= 0.6 is 0 Å². The number of aromatic amines is 1. The summed E-state index contributed by atoms with van der Waals surface area (Å²) >= 11 is 0. The summed E-state index contributed by atoms with van der Waals surface area (Å²) in [7, 11) is 1.40. The average molecular weight is 315 g/mol. The van der Waals surface area contributed by atoms with E-state index < -0.39 is 23.0 Å². The first-order valence-electron chi connectivity index (χ1n) is 6.06. The molecule has 0 radical (unpaired) electrons. The SMILES string of the molecule is COCC=Cc1cc2c(=O)n(N)c(=O)[nH]c2cc1C(F)(F)F. The first-order valence-corrected chi connectivity index (χ1v) is 6.06. The lowest BCUT2D eigenvalue weighted by atomic mass is 10.0. The summed E-state index contributed by atoms with van der Waals surface area (Å²) in [5.41, 5.74) is -3.30. The van der Waals surface area contributed by atoms with E-state index in [4.69, 9.17) is 10.6 Å². The number of hydrogen-bond donors (Lipinski definition) is 2. The second-order valence-electron chi connectivity index (χ2n) is 4.45. The van der Waals surface area contributed by atoms with Crippen molar-refractivity contribution in [1.82, 2.24) is 9.66 Å². The summed E-state index contributed by atoms with van der Waals surface area (Å²) in [5.74, 6) is 5.24. The summed E-state index contributed by atoms with van der Waals surface area (Å²) < 4.78 is 44.3. The smallest absolute Gasteiger partial charge is 0.381 e. The van der Waals surface area contributed by atoms with Gasteiger partial charge in [0.1, 0.15) is 0 Å². The van der Waals surface area contributed by atoms with Crippen molar-refractivity contribution in [2.24, 2.45) is 0 Å². The predicted molar refractivity (Wildman–Crippen MR) is 74.9 cm³/mol. The third-order valence-corrected chi connectivity index (χ3v) is 2.97. The van der Waals surface area contributed by atoms with Crippen molar-refractivity contribution in [3.63, 3.8) is 0 Å². The number of nitrogens with two attached hydrogens (primary N) is 1. The molecule has 118 valence electrons. The van der Waals surface area contributed by atoms with Crippen LogP contribution in [0.5, 0.6) is 0 Å². The molecule has 9 heteroatoms. The first kappa shape index (κ1) is 15.8. The van der Waals surface area contributed by atoms with Crippen molar-refractivity contribution < 1.29 is 17.9 Å². The van der Waals surface area contributed by atoms with Gasteiger partial charge in [-0.2, -0.15) is 17.8 Å². The van der Waals surface area contributed by atoms with Gasteiger partial charge in [-0.1, -0.05) is 12.2 Å². The number of rotatable bonds is 3. The van der Waals surface area contributed by atoms with Gasteiger partial charge in [-0.05, 0) is 17.7 Å². The third kappa shape index (κ3) is 2.89. The lowest BCUT2D eigenvalue weighted by Crippen LogP contribution is -2.40. The third-order valence-electron chi connectivity index (χ3n) is 2.97. The number of nitrogen functional groups attached to an aromatic ring is 1. The molecule has 1 heterocycles. The molecule has 0 atom stereocenters. The van der Waals surface area contributed by atoms with E-state index in [0.29, 0.717) is 10.7 Å². The van der Waals surface area contributed by atoms with Crippen molar-refractivity contribution >= 4 is 17.0 Å². The lowest BCUT2D eigenvalue weighted by molar-refractivity contribution is -0.137. The summed E-state index contributed by atoms with van der Waals surface area (Å²) in [5, 5.41) is -0.118. The van der Waals surface area contributed by atoms with Gasteiger partial charge in [0.25, 0.3) is 5.56 Å². The number of ether oxygens (including phenoxy) is 1. The van der Waals surface area contributed by atoms with Crippen LogP contribution in [-0.4, -0.2) is 23.4 Å². The molecule has 0 bridgehead atoms. The number of nitrogens with one attached hydrogen (secondary N) is 1. The predicted octanol–water partition coefficient (Wildman–Crippen LogP) is 1.08. The van der Waals surface area contributed by atoms with Gasteiger partial charge in [0.2, 0.25) is 0 Å². The summed E-state index contributed by atoms with van der Waals surface area (Å²) in [4.78, 5) is 25.4. The van der Waals surface area contributed by atoms with Gasteiger partial charge >= 0.3 is 11.9 Å². The van der Waals surface area contributed by atoms with Crippen LogP contribution in [0.1, 0.15) is 11.1 Å². The lowest BCUT2D eigenvalue weighted by Gasteiger charge is -2.12. The van der Waals surface area contributed by atoms with Gasteiger partial charge in [-0.3, -0.25) is 4.79 Å². The number of methoxy groups -OCH3 is 1. The molecule has 2 aromatic rings. The van der Waals surface area contributed by atoms with Gasteiger partial charge < -0.3 is 15.6 Å². The van der Waals surface area contributed by atoms with E-state index in [1.54, 1.807) is 0 Å². The quantitative estimate of drug-likeness (QED) is 0.829. The minimum atomic E-state index is -4.64. The molecule has 1 aromatic heterocycles. The Morgan fingerprint density at radius 2 is 2.05 bits per heavy atom. The maximum absolute atomic E-state index is 13.1. The summed E-state index contributed by atoms with van der Waals surface area (Å²) in [6, 6.07) is 1.75. The molecule has 0 aliphatic heterocycles. The molecular weight excluding hydrogens is 303 g/mol. The van der Waals surface area contributed by atoms with Crippen molar-refractivity contribution in [3.8, 4) is 0 Å². The molecule has 3 N–H and O–H groups in total. The van der Waals surface area contributed by atoms with Gasteiger partial charge in [0.05, 0.1) is 23.1 Å². The highest BCUT2D eigenvalue weighted by Crippen LogP contribution is 2.34. The molecular formula is C13H12F3N3O3. The van der Waals surface area contributed by atoms with Crippen LogP contribution in [0.2, 0.25) is 0 Å². The zero-order valence-corrected chi connectivity index (χ0v) is 11.4.